The molecule has 3 aromatic rings. The summed E-state index contributed by atoms with van der Waals surface area (Å²) in [6, 6.07) is 2.49. The molecule has 0 radical (unpaired) electrons. The highest BCUT2D eigenvalue weighted by Gasteiger charge is 2.44. The molecular weight excluding hydrogens is 454 g/mol. The third-order valence-corrected chi connectivity index (χ3v) is 7.21. The van der Waals surface area contributed by atoms with Crippen LogP contribution in [0, 0.1) is 5.41 Å². The van der Waals surface area contributed by atoms with Gasteiger partial charge in [-0.2, -0.15) is 0 Å². The molecule has 2 aliphatic heterocycles. The zero-order valence-electron chi connectivity index (χ0n) is 16.4. The van der Waals surface area contributed by atoms with Crippen molar-refractivity contribution >= 4 is 38.7 Å². The summed E-state index contributed by atoms with van der Waals surface area (Å²) in [5, 5.41) is 0.0946. The van der Waals surface area contributed by atoms with E-state index >= 15 is 0 Å². The van der Waals surface area contributed by atoms with Gasteiger partial charge in [-0.1, -0.05) is 4.73 Å². The first kappa shape index (κ1) is 20.8. The lowest BCUT2D eigenvalue weighted by Crippen LogP contribution is -2.45. The van der Waals surface area contributed by atoms with E-state index in [4.69, 9.17) is 27.2 Å². The van der Waals surface area contributed by atoms with Gasteiger partial charge in [0.05, 0.1) is 53.4 Å². The highest BCUT2D eigenvalue weighted by Crippen LogP contribution is 2.51. The molecule has 31 heavy (non-hydrogen) atoms. The summed E-state index contributed by atoms with van der Waals surface area (Å²) in [4.78, 5) is 49.8. The maximum absolute atomic E-state index is 12.7. The molecule has 14 heteroatoms. The van der Waals surface area contributed by atoms with Crippen LogP contribution in [0.2, 0.25) is 0 Å². The lowest BCUT2D eigenvalue weighted by Gasteiger charge is -2.40. The van der Waals surface area contributed by atoms with Gasteiger partial charge in [0.25, 0.3) is 22.2 Å². The molecule has 0 aliphatic carbocycles. The number of aromatic nitrogens is 2. The van der Waals surface area contributed by atoms with Crippen LogP contribution in [0.3, 0.4) is 0 Å². The summed E-state index contributed by atoms with van der Waals surface area (Å²) in [7, 11) is -0.581. The Morgan fingerprint density at radius 2 is 1.19 bits per heavy atom. The lowest BCUT2D eigenvalue weighted by atomic mass is 9.93. The summed E-state index contributed by atoms with van der Waals surface area (Å²) in [5.41, 5.74) is -3.13. The van der Waals surface area contributed by atoms with Gasteiger partial charge in [0, 0.05) is 14.2 Å². The van der Waals surface area contributed by atoms with Crippen molar-refractivity contribution in [3.63, 3.8) is 0 Å². The quantitative estimate of drug-likeness (QED) is 0.484. The van der Waals surface area contributed by atoms with Crippen molar-refractivity contribution in [3.8, 4) is 0 Å². The first-order valence-electron chi connectivity index (χ1n) is 9.07. The van der Waals surface area contributed by atoms with Crippen LogP contribution in [0.1, 0.15) is 0 Å². The molecule has 1 aromatic carbocycles. The summed E-state index contributed by atoms with van der Waals surface area (Å²) < 4.78 is 34.1. The van der Waals surface area contributed by atoms with Crippen LogP contribution in [-0.4, -0.2) is 42.8 Å². The molecule has 1 spiro atoms. The molecule has 0 amide bonds. The molecule has 0 N–H and O–H groups in total. The Morgan fingerprint density at radius 3 is 1.65 bits per heavy atom. The lowest BCUT2D eigenvalue weighted by molar-refractivity contribution is -0.0752. The molecule has 0 bridgehead atoms. The zero-order valence-corrected chi connectivity index (χ0v) is 18.1. The van der Waals surface area contributed by atoms with Gasteiger partial charge in [-0.15, -0.1) is 0 Å². The molecule has 2 saturated heterocycles. The fourth-order valence-electron chi connectivity index (χ4n) is 3.45. The van der Waals surface area contributed by atoms with Crippen LogP contribution in [0.25, 0.3) is 21.5 Å². The van der Waals surface area contributed by atoms with Crippen molar-refractivity contribution in [2.24, 2.45) is 12.5 Å². The number of fused-ring (bicyclic) bond motifs is 2. The third kappa shape index (κ3) is 3.27. The van der Waals surface area contributed by atoms with Gasteiger partial charge in [-0.25, -0.2) is 0 Å². The molecule has 0 unspecified atom stereocenters. The minimum Gasteiger partial charge on any atom is -0.328 e. The van der Waals surface area contributed by atoms with Crippen molar-refractivity contribution in [2.45, 2.75) is 0 Å². The molecule has 2 aliphatic rings. The van der Waals surface area contributed by atoms with E-state index in [2.05, 4.69) is 0 Å². The average Bonchev–Trinajstić information content (AvgIpc) is 3.15. The van der Waals surface area contributed by atoms with E-state index in [-0.39, 0.29) is 34.8 Å². The van der Waals surface area contributed by atoms with Gasteiger partial charge >= 0.3 is 17.2 Å². The number of nitrogens with zero attached hydrogens (tertiary/aromatic N) is 2. The second-order valence-electron chi connectivity index (χ2n) is 7.32. The third-order valence-electron chi connectivity index (χ3n) is 5.26. The summed E-state index contributed by atoms with van der Waals surface area (Å²) in [5.74, 6) is 0. The van der Waals surface area contributed by atoms with Gasteiger partial charge < -0.3 is 27.2 Å². The molecule has 4 heterocycles. The van der Waals surface area contributed by atoms with Crippen molar-refractivity contribution in [2.75, 3.05) is 33.5 Å². The van der Waals surface area contributed by atoms with Gasteiger partial charge in [-0.3, -0.25) is 23.7 Å². The Morgan fingerprint density at radius 1 is 0.774 bits per heavy atom. The molecule has 0 atom stereocenters. The zero-order chi connectivity index (χ0) is 21.9. The van der Waals surface area contributed by atoms with Crippen LogP contribution in [-0.2, 0) is 29.7 Å². The highest BCUT2D eigenvalue weighted by molar-refractivity contribution is 7.42. The van der Waals surface area contributed by atoms with Crippen molar-refractivity contribution in [1.29, 1.82) is 0 Å². The Balaban J connectivity index is 1.40. The molecule has 2 fully saturated rings. The minimum atomic E-state index is -2.03. The normalized spacial score (nSPS) is 26.8. The summed E-state index contributed by atoms with van der Waals surface area (Å²) >= 11 is 0. The minimum absolute atomic E-state index is 0.0225. The maximum atomic E-state index is 12.7. The average molecular weight is 470 g/mol. The summed E-state index contributed by atoms with van der Waals surface area (Å²) in [6.45, 7) is 0.979. The largest absolute Gasteiger partial charge is 0.418 e. The molecule has 0 saturated carbocycles. The van der Waals surface area contributed by atoms with Crippen molar-refractivity contribution in [3.05, 3.63) is 53.5 Å². The van der Waals surface area contributed by atoms with E-state index in [1.54, 1.807) is 0 Å². The van der Waals surface area contributed by atoms with Crippen LogP contribution >= 0.6 is 17.2 Å². The summed E-state index contributed by atoms with van der Waals surface area (Å²) in [6.07, 6.45) is 0. The highest BCUT2D eigenvalue weighted by atomic mass is 31.2. The second-order valence-corrected chi connectivity index (χ2v) is 9.78. The van der Waals surface area contributed by atoms with Crippen LogP contribution < -0.4 is 26.9 Å². The maximum Gasteiger partial charge on any atom is 0.418 e. The van der Waals surface area contributed by atoms with E-state index in [1.807, 2.05) is 0 Å². The van der Waals surface area contributed by atoms with E-state index in [1.165, 1.54) is 26.3 Å². The Bertz CT molecular complexity index is 1290. The van der Waals surface area contributed by atoms with E-state index in [0.717, 1.165) is 4.57 Å². The standard InChI is InChI=1S/C17H16N2O10P2/c1-18-13(20)9-3-11-12(4-10(9)14(18)21)16(23)19(15(11)22)29-31-27-7-17(8-28-31)5-25-30(24-2)26-6-17/h3-4H,5-8H2,1-2H3. The molecular formula is C17H16N2O10P2. The van der Waals surface area contributed by atoms with E-state index in [9.17, 15) is 19.2 Å². The SMILES string of the molecule is COP1OCC2(CO1)COP(On1c(=O)c3cc4c(=O)n(C)c(=O)c4cc3c1=O)OC2. The Labute approximate surface area is 175 Å². The second kappa shape index (κ2) is 7.53. The Hall–Kier alpha value is -2.04. The molecule has 12 nitrogen and oxygen atoms in total. The van der Waals surface area contributed by atoms with Gasteiger partial charge in [0.1, 0.15) is 0 Å². The van der Waals surface area contributed by atoms with Gasteiger partial charge in [0.2, 0.25) is 0 Å². The van der Waals surface area contributed by atoms with Crippen LogP contribution in [0.5, 0.6) is 0 Å². The van der Waals surface area contributed by atoms with Crippen molar-refractivity contribution < 1.29 is 27.2 Å². The number of benzene rings is 1. The predicted octanol–water partition coefficient (Wildman–Crippen LogP) is 0.0582. The van der Waals surface area contributed by atoms with Crippen molar-refractivity contribution in [1.82, 2.24) is 9.30 Å². The smallest absolute Gasteiger partial charge is 0.328 e. The monoisotopic (exact) mass is 470 g/mol. The number of rotatable bonds is 3. The number of hydrogen-bond acceptors (Lipinski definition) is 10. The Kier molecular flexibility index (Phi) is 5.06. The molecule has 5 rings (SSSR count). The molecule has 164 valence electrons. The van der Waals surface area contributed by atoms with E-state index < -0.39 is 44.9 Å². The van der Waals surface area contributed by atoms with Crippen LogP contribution in [0.15, 0.2) is 31.3 Å². The topological polar surface area (TPSA) is 134 Å². The predicted molar refractivity (Wildman–Crippen MR) is 110 cm³/mol. The van der Waals surface area contributed by atoms with E-state index in [0.29, 0.717) is 17.9 Å². The van der Waals surface area contributed by atoms with Crippen LogP contribution in [0.4, 0.5) is 0 Å². The van der Waals surface area contributed by atoms with Gasteiger partial charge in [-0.05, 0) is 12.1 Å². The fourth-order valence-corrected chi connectivity index (χ4v) is 5.70. The van der Waals surface area contributed by atoms with Gasteiger partial charge in [0.15, 0.2) is 0 Å². The first-order chi connectivity index (χ1) is 14.8. The fraction of sp³-hybridized carbons (Fsp3) is 0.412. The number of hydrogen-bond donors (Lipinski definition) is 0. The molecule has 2 aromatic heterocycles. The first-order valence-corrected chi connectivity index (χ1v) is 11.3.